The van der Waals surface area contributed by atoms with Gasteiger partial charge in [-0.2, -0.15) is 0 Å². The number of hydrogen-bond donors (Lipinski definition) is 2. The van der Waals surface area contributed by atoms with E-state index in [4.69, 9.17) is 5.73 Å². The summed E-state index contributed by atoms with van der Waals surface area (Å²) in [7, 11) is 0. The number of amides is 1. The summed E-state index contributed by atoms with van der Waals surface area (Å²) in [6.45, 7) is 1.95. The third-order valence-electron chi connectivity index (χ3n) is 5.75. The van der Waals surface area contributed by atoms with Gasteiger partial charge in [-0.15, -0.1) is 0 Å². The molecule has 5 aromatic rings. The van der Waals surface area contributed by atoms with Gasteiger partial charge >= 0.3 is 0 Å². The third-order valence-corrected chi connectivity index (χ3v) is 5.75. The molecule has 158 valence electrons. The van der Waals surface area contributed by atoms with Crippen molar-refractivity contribution in [2.45, 2.75) is 13.3 Å². The molecule has 0 saturated heterocycles. The minimum atomic E-state index is -0.435. The van der Waals surface area contributed by atoms with E-state index >= 15 is 0 Å². The Morgan fingerprint density at radius 3 is 2.75 bits per heavy atom. The van der Waals surface area contributed by atoms with Crippen LogP contribution in [0.2, 0.25) is 0 Å². The molecule has 0 aliphatic carbocycles. The Morgan fingerprint density at radius 2 is 1.94 bits per heavy atom. The first kappa shape index (κ1) is 19.7. The molecular weight excluding hydrogens is 407 g/mol. The summed E-state index contributed by atoms with van der Waals surface area (Å²) in [6, 6.07) is 15.5. The molecule has 0 unspecified atom stereocenters. The van der Waals surface area contributed by atoms with Gasteiger partial charge in [-0.25, -0.2) is 9.37 Å². The highest BCUT2D eigenvalue weighted by Gasteiger charge is 2.15. The van der Waals surface area contributed by atoms with E-state index in [1.807, 2.05) is 49.5 Å². The molecule has 2 heterocycles. The number of nitrogens with one attached hydrogen (secondary N) is 1. The standard InChI is InChI=1S/C25H19FN4O2/c1-14-17(18-7-5-15(11-23(27)31)24-19(18)9-10-28-24)3-2-4-22(14)30-13-29-21-12-16(26)6-8-20(21)25(30)32/h2-10,12-13,28H,11H2,1H3,(H2,27,31). The zero-order valence-electron chi connectivity index (χ0n) is 17.2. The van der Waals surface area contributed by atoms with Gasteiger partial charge in [0.2, 0.25) is 5.91 Å². The number of hydrogen-bond acceptors (Lipinski definition) is 3. The van der Waals surface area contributed by atoms with Crippen LogP contribution in [-0.4, -0.2) is 20.4 Å². The maximum Gasteiger partial charge on any atom is 0.265 e. The molecule has 0 fully saturated rings. The minimum absolute atomic E-state index is 0.148. The molecule has 0 aliphatic rings. The lowest BCUT2D eigenvalue weighted by atomic mass is 9.94. The average molecular weight is 426 g/mol. The molecule has 1 amide bonds. The SMILES string of the molecule is Cc1c(-c2ccc(CC(N)=O)c3[nH]ccc23)cccc1-n1cnc2cc(F)ccc2c1=O. The van der Waals surface area contributed by atoms with E-state index in [2.05, 4.69) is 9.97 Å². The van der Waals surface area contributed by atoms with Gasteiger partial charge in [0.25, 0.3) is 5.56 Å². The highest BCUT2D eigenvalue weighted by Crippen LogP contribution is 2.34. The molecular formula is C25H19FN4O2. The van der Waals surface area contributed by atoms with Gasteiger partial charge in [0.15, 0.2) is 0 Å². The Kier molecular flexibility index (Phi) is 4.59. The monoisotopic (exact) mass is 426 g/mol. The lowest BCUT2D eigenvalue weighted by molar-refractivity contribution is -0.117. The van der Waals surface area contributed by atoms with Crippen molar-refractivity contribution in [2.75, 3.05) is 0 Å². The number of nitrogens with zero attached hydrogens (tertiary/aromatic N) is 2. The Balaban J connectivity index is 1.69. The number of halogens is 1. The number of rotatable bonds is 4. The summed E-state index contributed by atoms with van der Waals surface area (Å²) in [5.41, 5.74) is 10.6. The fourth-order valence-electron chi connectivity index (χ4n) is 4.23. The van der Waals surface area contributed by atoms with Gasteiger partial charge in [-0.05, 0) is 53.4 Å². The lowest BCUT2D eigenvalue weighted by Gasteiger charge is -2.15. The molecule has 3 N–H and O–H groups in total. The summed E-state index contributed by atoms with van der Waals surface area (Å²) in [4.78, 5) is 32.0. The molecule has 0 bridgehead atoms. The van der Waals surface area contributed by atoms with Crippen molar-refractivity contribution in [1.82, 2.24) is 14.5 Å². The molecule has 6 nitrogen and oxygen atoms in total. The third kappa shape index (κ3) is 3.15. The number of carbonyl (C=O) groups excluding carboxylic acids is 1. The van der Waals surface area contributed by atoms with Crippen molar-refractivity contribution in [1.29, 1.82) is 0 Å². The molecule has 0 saturated carbocycles. The van der Waals surface area contributed by atoms with Gasteiger partial charge in [-0.3, -0.25) is 14.2 Å². The lowest BCUT2D eigenvalue weighted by Crippen LogP contribution is -2.19. The van der Waals surface area contributed by atoms with Crippen molar-refractivity contribution in [3.8, 4) is 16.8 Å². The van der Waals surface area contributed by atoms with Crippen molar-refractivity contribution in [3.05, 3.63) is 94.4 Å². The Labute approximate surface area is 182 Å². The number of carbonyl (C=O) groups is 1. The van der Waals surface area contributed by atoms with Crippen LogP contribution in [0, 0.1) is 12.7 Å². The zero-order chi connectivity index (χ0) is 22.4. The first-order valence-electron chi connectivity index (χ1n) is 10.1. The molecule has 5 rings (SSSR count). The van der Waals surface area contributed by atoms with E-state index < -0.39 is 11.7 Å². The second-order valence-corrected chi connectivity index (χ2v) is 7.71. The normalized spacial score (nSPS) is 11.3. The van der Waals surface area contributed by atoms with Crippen LogP contribution in [0.15, 0.2) is 71.9 Å². The molecule has 0 spiro atoms. The molecule has 2 aromatic heterocycles. The maximum absolute atomic E-state index is 13.5. The number of benzene rings is 3. The summed E-state index contributed by atoms with van der Waals surface area (Å²) in [5, 5.41) is 1.31. The van der Waals surface area contributed by atoms with Crippen LogP contribution in [0.3, 0.4) is 0 Å². The second kappa shape index (κ2) is 7.46. The van der Waals surface area contributed by atoms with Crippen LogP contribution < -0.4 is 11.3 Å². The number of aromatic amines is 1. The Hall–Kier alpha value is -4.26. The quantitative estimate of drug-likeness (QED) is 0.455. The summed E-state index contributed by atoms with van der Waals surface area (Å²) in [5.74, 6) is -0.828. The highest BCUT2D eigenvalue weighted by molar-refractivity contribution is 5.99. The molecule has 0 atom stereocenters. The Morgan fingerprint density at radius 1 is 1.09 bits per heavy atom. The van der Waals surface area contributed by atoms with Gasteiger partial charge < -0.3 is 10.7 Å². The van der Waals surface area contributed by atoms with Crippen LogP contribution in [0.4, 0.5) is 4.39 Å². The summed E-state index contributed by atoms with van der Waals surface area (Å²) < 4.78 is 15.0. The molecule has 0 radical (unpaired) electrons. The van der Waals surface area contributed by atoms with Gasteiger partial charge in [0.1, 0.15) is 12.1 Å². The highest BCUT2D eigenvalue weighted by atomic mass is 19.1. The topological polar surface area (TPSA) is 93.8 Å². The summed E-state index contributed by atoms with van der Waals surface area (Å²) >= 11 is 0. The van der Waals surface area contributed by atoms with E-state index in [1.165, 1.54) is 29.1 Å². The average Bonchev–Trinajstić information content (AvgIpc) is 3.25. The molecule has 0 aliphatic heterocycles. The van der Waals surface area contributed by atoms with Gasteiger partial charge in [-0.1, -0.05) is 24.3 Å². The fourth-order valence-corrected chi connectivity index (χ4v) is 4.23. The number of fused-ring (bicyclic) bond motifs is 2. The predicted molar refractivity (Wildman–Crippen MR) is 122 cm³/mol. The maximum atomic E-state index is 13.5. The smallest absolute Gasteiger partial charge is 0.265 e. The molecule has 32 heavy (non-hydrogen) atoms. The fraction of sp³-hybridized carbons (Fsp3) is 0.0800. The molecule has 7 heteroatoms. The van der Waals surface area contributed by atoms with Crippen LogP contribution in [0.5, 0.6) is 0 Å². The van der Waals surface area contributed by atoms with Gasteiger partial charge in [0, 0.05) is 23.2 Å². The first-order chi connectivity index (χ1) is 15.4. The Bertz CT molecular complexity index is 1580. The number of aromatic nitrogens is 3. The minimum Gasteiger partial charge on any atom is -0.369 e. The van der Waals surface area contributed by atoms with Crippen molar-refractivity contribution >= 4 is 27.7 Å². The van der Waals surface area contributed by atoms with E-state index in [0.29, 0.717) is 16.6 Å². The van der Waals surface area contributed by atoms with E-state index in [-0.39, 0.29) is 12.0 Å². The van der Waals surface area contributed by atoms with Crippen LogP contribution in [0.25, 0.3) is 38.6 Å². The van der Waals surface area contributed by atoms with Gasteiger partial charge in [0.05, 0.1) is 23.0 Å². The number of H-pyrrole nitrogens is 1. The van der Waals surface area contributed by atoms with E-state index in [9.17, 15) is 14.0 Å². The van der Waals surface area contributed by atoms with Crippen LogP contribution in [0.1, 0.15) is 11.1 Å². The first-order valence-corrected chi connectivity index (χ1v) is 10.1. The van der Waals surface area contributed by atoms with Crippen molar-refractivity contribution < 1.29 is 9.18 Å². The van der Waals surface area contributed by atoms with E-state index in [0.717, 1.165) is 33.2 Å². The number of primary amides is 1. The van der Waals surface area contributed by atoms with E-state index in [1.54, 1.807) is 0 Å². The second-order valence-electron chi connectivity index (χ2n) is 7.71. The van der Waals surface area contributed by atoms with Crippen LogP contribution in [-0.2, 0) is 11.2 Å². The van der Waals surface area contributed by atoms with Crippen molar-refractivity contribution in [2.24, 2.45) is 5.73 Å². The zero-order valence-corrected chi connectivity index (χ0v) is 17.2. The molecule has 3 aromatic carbocycles. The summed E-state index contributed by atoms with van der Waals surface area (Å²) in [6.07, 6.45) is 3.40. The van der Waals surface area contributed by atoms with Crippen LogP contribution >= 0.6 is 0 Å². The largest absolute Gasteiger partial charge is 0.369 e. The number of nitrogens with two attached hydrogens (primary N) is 1. The van der Waals surface area contributed by atoms with Crippen molar-refractivity contribution in [3.63, 3.8) is 0 Å². The predicted octanol–water partition coefficient (Wildman–Crippen LogP) is 4.01.